The second-order valence-electron chi connectivity index (χ2n) is 2.20. The first-order chi connectivity index (χ1) is 4.57. The van der Waals surface area contributed by atoms with Gasteiger partial charge in [-0.15, -0.1) is 4.91 Å². The molecule has 0 bridgehead atoms. The van der Waals surface area contributed by atoms with Crippen LogP contribution in [0.25, 0.3) is 0 Å². The van der Waals surface area contributed by atoms with Crippen LogP contribution in [-0.4, -0.2) is 31.3 Å². The highest BCUT2D eigenvalue weighted by Gasteiger charge is 2.07. The van der Waals surface area contributed by atoms with Crippen molar-refractivity contribution in [3.8, 4) is 0 Å². The molecule has 0 spiro atoms. The van der Waals surface area contributed by atoms with Gasteiger partial charge in [-0.2, -0.15) is 0 Å². The fourth-order valence-corrected chi connectivity index (χ4v) is 0.429. The lowest BCUT2D eigenvalue weighted by molar-refractivity contribution is -0.116. The second-order valence-corrected chi connectivity index (χ2v) is 2.20. The molecule has 0 aromatic carbocycles. The topological polar surface area (TPSA) is 49.7 Å². The van der Waals surface area contributed by atoms with Gasteiger partial charge < -0.3 is 4.90 Å². The third-order valence-corrected chi connectivity index (χ3v) is 0.892. The predicted octanol–water partition coefficient (Wildman–Crippen LogP) is 0.397. The Morgan fingerprint density at radius 1 is 1.60 bits per heavy atom. The fraction of sp³-hybridized carbons (Fsp3) is 0.500. The molecule has 0 atom stereocenters. The van der Waals surface area contributed by atoms with Crippen LogP contribution in [0.4, 0.5) is 0 Å². The molecule has 0 N–H and O–H groups in total. The molecular formula is C6H10N2O2. The van der Waals surface area contributed by atoms with E-state index in [0.29, 0.717) is 0 Å². The Labute approximate surface area is 59.5 Å². The van der Waals surface area contributed by atoms with Crippen molar-refractivity contribution in [1.82, 2.24) is 4.90 Å². The molecule has 0 aromatic rings. The Morgan fingerprint density at radius 3 is 2.40 bits per heavy atom. The number of ketones is 1. The maximum atomic E-state index is 10.7. The average Bonchev–Trinajstić information content (AvgIpc) is 1.85. The third kappa shape index (κ3) is 3.09. The minimum absolute atomic E-state index is 0.185. The van der Waals surface area contributed by atoms with E-state index in [1.807, 2.05) is 0 Å². The van der Waals surface area contributed by atoms with Crippen molar-refractivity contribution in [3.63, 3.8) is 0 Å². The van der Waals surface area contributed by atoms with E-state index in [4.69, 9.17) is 0 Å². The molecule has 0 amide bonds. The molecule has 0 unspecified atom stereocenters. The minimum Gasteiger partial charge on any atom is -0.302 e. The van der Waals surface area contributed by atoms with E-state index in [1.165, 1.54) is 0 Å². The molecule has 0 aliphatic carbocycles. The maximum absolute atomic E-state index is 10.7. The van der Waals surface area contributed by atoms with Crippen LogP contribution < -0.4 is 0 Å². The molecule has 0 fully saturated rings. The lowest BCUT2D eigenvalue weighted by atomic mass is 10.3. The molecule has 0 aliphatic rings. The smallest absolute Gasteiger partial charge is 0.198 e. The molecular weight excluding hydrogens is 132 g/mol. The summed E-state index contributed by atoms with van der Waals surface area (Å²) >= 11 is 0. The van der Waals surface area contributed by atoms with E-state index >= 15 is 0 Å². The highest BCUT2D eigenvalue weighted by Crippen LogP contribution is 1.93. The van der Waals surface area contributed by atoms with Crippen LogP contribution in [0.1, 0.15) is 0 Å². The van der Waals surface area contributed by atoms with E-state index < -0.39 is 0 Å². The van der Waals surface area contributed by atoms with Crippen LogP contribution in [0, 0.1) is 4.91 Å². The van der Waals surface area contributed by atoms with Crippen molar-refractivity contribution in [2.45, 2.75) is 0 Å². The molecule has 10 heavy (non-hydrogen) atoms. The first kappa shape index (κ1) is 8.97. The van der Waals surface area contributed by atoms with Gasteiger partial charge in [0.25, 0.3) is 0 Å². The van der Waals surface area contributed by atoms with Crippen LogP contribution in [-0.2, 0) is 4.79 Å². The maximum Gasteiger partial charge on any atom is 0.198 e. The van der Waals surface area contributed by atoms with Crippen molar-refractivity contribution in [2.24, 2.45) is 5.18 Å². The van der Waals surface area contributed by atoms with Gasteiger partial charge in [0, 0.05) is 0 Å². The number of hydrogen-bond donors (Lipinski definition) is 0. The van der Waals surface area contributed by atoms with Crippen molar-refractivity contribution < 1.29 is 4.79 Å². The molecule has 0 radical (unpaired) electrons. The summed E-state index contributed by atoms with van der Waals surface area (Å²) in [6, 6.07) is 0. The van der Waals surface area contributed by atoms with Gasteiger partial charge in [-0.05, 0) is 19.3 Å². The normalized spacial score (nSPS) is 9.50. The van der Waals surface area contributed by atoms with Crippen molar-refractivity contribution in [1.29, 1.82) is 0 Å². The van der Waals surface area contributed by atoms with Gasteiger partial charge in [0.15, 0.2) is 5.78 Å². The van der Waals surface area contributed by atoms with Crippen LogP contribution >= 0.6 is 0 Å². The number of carbonyl (C=O) groups excluding carboxylic acids is 1. The Hall–Kier alpha value is -1.03. The van der Waals surface area contributed by atoms with E-state index in [0.717, 1.165) is 0 Å². The molecule has 4 nitrogen and oxygen atoms in total. The standard InChI is InChI=1S/C6H10N2O2/c1-5(7-10)6(9)4-8(2)3/h1,4H2,2-3H3. The summed E-state index contributed by atoms with van der Waals surface area (Å²) in [5, 5.41) is 2.42. The van der Waals surface area contributed by atoms with Crippen LogP contribution in [0.3, 0.4) is 0 Å². The molecule has 4 heteroatoms. The lowest BCUT2D eigenvalue weighted by Crippen LogP contribution is -2.21. The molecule has 0 saturated heterocycles. The molecule has 0 aromatic heterocycles. The third-order valence-electron chi connectivity index (χ3n) is 0.892. The number of carbonyl (C=O) groups is 1. The highest BCUT2D eigenvalue weighted by atomic mass is 16.3. The first-order valence-electron chi connectivity index (χ1n) is 2.78. The number of hydrogen-bond acceptors (Lipinski definition) is 4. The summed E-state index contributed by atoms with van der Waals surface area (Å²) in [4.78, 5) is 22.1. The largest absolute Gasteiger partial charge is 0.302 e. The molecule has 56 valence electrons. The summed E-state index contributed by atoms with van der Waals surface area (Å²) in [5.41, 5.74) is -0.214. The molecule has 0 saturated carbocycles. The zero-order chi connectivity index (χ0) is 8.15. The van der Waals surface area contributed by atoms with Crippen LogP contribution in [0.5, 0.6) is 0 Å². The summed E-state index contributed by atoms with van der Waals surface area (Å²) in [6.45, 7) is 3.36. The Morgan fingerprint density at radius 2 is 2.10 bits per heavy atom. The van der Waals surface area contributed by atoms with Gasteiger partial charge >= 0.3 is 0 Å². The number of likely N-dealkylation sites (N-methyl/N-ethyl adjacent to an activating group) is 1. The fourth-order valence-electron chi connectivity index (χ4n) is 0.429. The Bertz CT molecular complexity index is 163. The number of nitroso groups, excluding NO2 is 1. The monoisotopic (exact) mass is 142 g/mol. The Kier molecular flexibility index (Phi) is 3.49. The van der Waals surface area contributed by atoms with Crippen molar-refractivity contribution >= 4 is 5.78 Å². The summed E-state index contributed by atoms with van der Waals surface area (Å²) < 4.78 is 0. The summed E-state index contributed by atoms with van der Waals surface area (Å²) in [7, 11) is 3.46. The van der Waals surface area contributed by atoms with Gasteiger partial charge in [0.2, 0.25) is 0 Å². The lowest BCUT2D eigenvalue weighted by Gasteiger charge is -2.05. The molecule has 0 aliphatic heterocycles. The van der Waals surface area contributed by atoms with Gasteiger partial charge in [-0.3, -0.25) is 4.79 Å². The van der Waals surface area contributed by atoms with Gasteiger partial charge in [0.05, 0.1) is 6.54 Å². The number of Topliss-reactive ketones (excluding diaryl/α,β-unsaturated/α-hetero) is 1. The number of rotatable bonds is 4. The molecule has 0 rings (SSSR count). The van der Waals surface area contributed by atoms with Gasteiger partial charge in [-0.1, -0.05) is 6.58 Å². The molecule has 0 heterocycles. The highest BCUT2D eigenvalue weighted by molar-refractivity contribution is 5.95. The summed E-state index contributed by atoms with van der Waals surface area (Å²) in [6.07, 6.45) is 0. The van der Waals surface area contributed by atoms with Crippen LogP contribution in [0.15, 0.2) is 17.5 Å². The number of nitrogens with zero attached hydrogens (tertiary/aromatic N) is 2. The van der Waals surface area contributed by atoms with Crippen molar-refractivity contribution in [2.75, 3.05) is 20.6 Å². The second kappa shape index (κ2) is 3.90. The quantitative estimate of drug-likeness (QED) is 0.421. The first-order valence-corrected chi connectivity index (χ1v) is 2.78. The minimum atomic E-state index is -0.333. The Balaban J connectivity index is 3.85. The average molecular weight is 142 g/mol. The van der Waals surface area contributed by atoms with E-state index in [9.17, 15) is 9.70 Å². The van der Waals surface area contributed by atoms with Gasteiger partial charge in [0.1, 0.15) is 5.70 Å². The van der Waals surface area contributed by atoms with E-state index in [1.54, 1.807) is 19.0 Å². The van der Waals surface area contributed by atoms with Gasteiger partial charge in [-0.25, -0.2) is 0 Å². The SMILES string of the molecule is C=C(N=O)C(=O)CN(C)C. The van der Waals surface area contributed by atoms with E-state index in [-0.39, 0.29) is 18.0 Å². The summed E-state index contributed by atoms with van der Waals surface area (Å²) in [5.74, 6) is -0.333. The zero-order valence-corrected chi connectivity index (χ0v) is 6.13. The van der Waals surface area contributed by atoms with E-state index in [2.05, 4.69) is 11.8 Å². The predicted molar refractivity (Wildman–Crippen MR) is 38.5 cm³/mol. The zero-order valence-electron chi connectivity index (χ0n) is 6.13. The van der Waals surface area contributed by atoms with Crippen LogP contribution in [0.2, 0.25) is 0 Å². The van der Waals surface area contributed by atoms with Crippen molar-refractivity contribution in [3.05, 3.63) is 17.2 Å².